The van der Waals surface area contributed by atoms with Crippen LogP contribution in [0.4, 0.5) is 4.79 Å². The van der Waals surface area contributed by atoms with Crippen molar-refractivity contribution >= 4 is 17.6 Å². The van der Waals surface area contributed by atoms with Gasteiger partial charge in [-0.05, 0) is 31.0 Å². The van der Waals surface area contributed by atoms with Crippen molar-refractivity contribution in [2.75, 3.05) is 19.8 Å². The van der Waals surface area contributed by atoms with Crippen molar-refractivity contribution in [1.82, 2.24) is 10.6 Å². The van der Waals surface area contributed by atoms with Crippen LogP contribution < -0.4 is 10.6 Å². The number of hydrogen-bond donors (Lipinski definition) is 2. The third kappa shape index (κ3) is 6.47. The first-order chi connectivity index (χ1) is 8.72. The summed E-state index contributed by atoms with van der Waals surface area (Å²) >= 11 is 5.85. The molecule has 0 fully saturated rings. The van der Waals surface area contributed by atoms with Gasteiger partial charge in [-0.1, -0.05) is 23.7 Å². The van der Waals surface area contributed by atoms with Crippen LogP contribution in [0, 0.1) is 0 Å². The minimum atomic E-state index is -0.175. The molecule has 0 atom stereocenters. The number of urea groups is 1. The zero-order valence-corrected chi connectivity index (χ0v) is 11.3. The lowest BCUT2D eigenvalue weighted by Crippen LogP contribution is -2.35. The maximum atomic E-state index is 11.4. The van der Waals surface area contributed by atoms with Crippen molar-refractivity contribution in [2.45, 2.75) is 19.9 Å². The summed E-state index contributed by atoms with van der Waals surface area (Å²) in [5.41, 5.74) is 0.979. The molecule has 4 nitrogen and oxygen atoms in total. The molecule has 0 aliphatic heterocycles. The predicted molar refractivity (Wildman–Crippen MR) is 72.8 cm³/mol. The number of carbonyl (C=O) groups excluding carboxylic acids is 1. The lowest BCUT2D eigenvalue weighted by molar-refractivity contribution is 0.145. The molecule has 0 spiro atoms. The Hall–Kier alpha value is -1.26. The van der Waals surface area contributed by atoms with Gasteiger partial charge >= 0.3 is 6.03 Å². The first-order valence-corrected chi connectivity index (χ1v) is 6.44. The van der Waals surface area contributed by atoms with E-state index in [1.165, 1.54) is 0 Å². The van der Waals surface area contributed by atoms with Gasteiger partial charge in [0.25, 0.3) is 0 Å². The van der Waals surface area contributed by atoms with Crippen LogP contribution in [0.5, 0.6) is 0 Å². The molecule has 0 saturated heterocycles. The van der Waals surface area contributed by atoms with E-state index in [9.17, 15) is 4.79 Å². The van der Waals surface area contributed by atoms with Gasteiger partial charge in [0.05, 0.1) is 0 Å². The lowest BCUT2D eigenvalue weighted by Gasteiger charge is -2.08. The fraction of sp³-hybridized carbons (Fsp3) is 0.462. The molecule has 18 heavy (non-hydrogen) atoms. The molecule has 100 valence electrons. The number of carbonyl (C=O) groups is 1. The van der Waals surface area contributed by atoms with Crippen LogP contribution in [0.2, 0.25) is 5.02 Å². The van der Waals surface area contributed by atoms with E-state index in [0.717, 1.165) is 12.0 Å². The zero-order valence-electron chi connectivity index (χ0n) is 10.5. The van der Waals surface area contributed by atoms with Gasteiger partial charge in [-0.25, -0.2) is 4.79 Å². The van der Waals surface area contributed by atoms with Crippen molar-refractivity contribution in [2.24, 2.45) is 0 Å². The molecule has 0 radical (unpaired) electrons. The number of nitrogens with one attached hydrogen (secondary N) is 2. The summed E-state index contributed by atoms with van der Waals surface area (Å²) < 4.78 is 5.17. The average Bonchev–Trinajstić information content (AvgIpc) is 2.36. The number of benzene rings is 1. The summed E-state index contributed by atoms with van der Waals surface area (Å²) in [6, 6.07) is 7.24. The summed E-state index contributed by atoms with van der Waals surface area (Å²) in [7, 11) is 0. The van der Waals surface area contributed by atoms with Gasteiger partial charge < -0.3 is 15.4 Å². The molecule has 0 aliphatic rings. The highest BCUT2D eigenvalue weighted by Crippen LogP contribution is 2.09. The van der Waals surface area contributed by atoms with E-state index in [1.807, 2.05) is 25.1 Å². The summed E-state index contributed by atoms with van der Waals surface area (Å²) in [6.45, 7) is 4.41. The number of amides is 2. The second kappa shape index (κ2) is 8.78. The third-order valence-electron chi connectivity index (χ3n) is 2.30. The van der Waals surface area contributed by atoms with Crippen molar-refractivity contribution < 1.29 is 9.53 Å². The van der Waals surface area contributed by atoms with E-state index in [-0.39, 0.29) is 6.03 Å². The van der Waals surface area contributed by atoms with Crippen LogP contribution >= 0.6 is 11.6 Å². The SMILES string of the molecule is CCOCCCNC(=O)NCc1cccc(Cl)c1. The molecule has 1 aromatic carbocycles. The minimum Gasteiger partial charge on any atom is -0.382 e. The van der Waals surface area contributed by atoms with E-state index in [4.69, 9.17) is 16.3 Å². The highest BCUT2D eigenvalue weighted by atomic mass is 35.5. The van der Waals surface area contributed by atoms with Crippen LogP contribution in [0.3, 0.4) is 0 Å². The van der Waals surface area contributed by atoms with Crippen molar-refractivity contribution in [1.29, 1.82) is 0 Å². The molecular weight excluding hydrogens is 252 g/mol. The van der Waals surface area contributed by atoms with Crippen LogP contribution in [-0.4, -0.2) is 25.8 Å². The Morgan fingerprint density at radius 1 is 1.39 bits per heavy atom. The fourth-order valence-corrected chi connectivity index (χ4v) is 1.63. The molecule has 2 amide bonds. The Bertz CT molecular complexity index is 372. The monoisotopic (exact) mass is 270 g/mol. The van der Waals surface area contributed by atoms with Gasteiger partial charge in [-0.15, -0.1) is 0 Å². The summed E-state index contributed by atoms with van der Waals surface area (Å²) in [5, 5.41) is 6.20. The largest absolute Gasteiger partial charge is 0.382 e. The maximum absolute atomic E-state index is 11.4. The smallest absolute Gasteiger partial charge is 0.315 e. The molecule has 2 N–H and O–H groups in total. The van der Waals surface area contributed by atoms with Gasteiger partial charge in [0, 0.05) is 31.3 Å². The predicted octanol–water partition coefficient (Wildman–Crippen LogP) is 2.57. The molecule has 5 heteroatoms. The molecule has 0 aromatic heterocycles. The highest BCUT2D eigenvalue weighted by molar-refractivity contribution is 6.30. The quantitative estimate of drug-likeness (QED) is 0.748. The first kappa shape index (κ1) is 14.8. The Balaban J connectivity index is 2.13. The van der Waals surface area contributed by atoms with Gasteiger partial charge in [-0.2, -0.15) is 0 Å². The first-order valence-electron chi connectivity index (χ1n) is 6.06. The number of hydrogen-bond acceptors (Lipinski definition) is 2. The van der Waals surface area contributed by atoms with Gasteiger partial charge in [0.15, 0.2) is 0 Å². The minimum absolute atomic E-state index is 0.175. The van der Waals surface area contributed by atoms with E-state index in [0.29, 0.717) is 31.3 Å². The molecule has 0 bridgehead atoms. The Labute approximate surface area is 113 Å². The molecular formula is C13H19ClN2O2. The highest BCUT2D eigenvalue weighted by Gasteiger charge is 2.00. The molecule has 0 unspecified atom stereocenters. The topological polar surface area (TPSA) is 50.4 Å². The zero-order chi connectivity index (χ0) is 13.2. The summed E-state index contributed by atoms with van der Waals surface area (Å²) in [4.78, 5) is 11.4. The number of halogens is 1. The molecule has 0 saturated carbocycles. The van der Waals surface area contributed by atoms with Gasteiger partial charge in [0.1, 0.15) is 0 Å². The van der Waals surface area contributed by atoms with Crippen molar-refractivity contribution in [3.05, 3.63) is 34.9 Å². The van der Waals surface area contributed by atoms with Gasteiger partial charge in [-0.3, -0.25) is 0 Å². The molecule has 1 rings (SSSR count). The second-order valence-electron chi connectivity index (χ2n) is 3.79. The fourth-order valence-electron chi connectivity index (χ4n) is 1.41. The summed E-state index contributed by atoms with van der Waals surface area (Å²) in [6.07, 6.45) is 0.818. The Morgan fingerprint density at radius 3 is 2.94 bits per heavy atom. The Morgan fingerprint density at radius 2 is 2.22 bits per heavy atom. The van der Waals surface area contributed by atoms with E-state index in [1.54, 1.807) is 6.07 Å². The molecule has 1 aromatic rings. The molecule has 0 heterocycles. The van der Waals surface area contributed by atoms with E-state index < -0.39 is 0 Å². The lowest BCUT2D eigenvalue weighted by atomic mass is 10.2. The maximum Gasteiger partial charge on any atom is 0.315 e. The molecule has 0 aliphatic carbocycles. The summed E-state index contributed by atoms with van der Waals surface area (Å²) in [5.74, 6) is 0. The number of rotatable bonds is 7. The van der Waals surface area contributed by atoms with Crippen LogP contribution in [0.1, 0.15) is 18.9 Å². The van der Waals surface area contributed by atoms with E-state index >= 15 is 0 Å². The van der Waals surface area contributed by atoms with Crippen LogP contribution in [-0.2, 0) is 11.3 Å². The second-order valence-corrected chi connectivity index (χ2v) is 4.23. The van der Waals surface area contributed by atoms with Crippen LogP contribution in [0.15, 0.2) is 24.3 Å². The van der Waals surface area contributed by atoms with Gasteiger partial charge in [0.2, 0.25) is 0 Å². The number of ether oxygens (including phenoxy) is 1. The third-order valence-corrected chi connectivity index (χ3v) is 2.53. The normalized spacial score (nSPS) is 10.1. The standard InChI is InChI=1S/C13H19ClN2O2/c1-2-18-8-4-7-15-13(17)16-10-11-5-3-6-12(14)9-11/h3,5-6,9H,2,4,7-8,10H2,1H3,(H2,15,16,17). The van der Waals surface area contributed by atoms with Crippen molar-refractivity contribution in [3.63, 3.8) is 0 Å². The Kier molecular flexibility index (Phi) is 7.22. The van der Waals surface area contributed by atoms with E-state index in [2.05, 4.69) is 10.6 Å². The van der Waals surface area contributed by atoms with Crippen LogP contribution in [0.25, 0.3) is 0 Å². The van der Waals surface area contributed by atoms with Crippen molar-refractivity contribution in [3.8, 4) is 0 Å². The average molecular weight is 271 g/mol.